The van der Waals surface area contributed by atoms with Crippen molar-refractivity contribution in [1.82, 2.24) is 0 Å². The summed E-state index contributed by atoms with van der Waals surface area (Å²) >= 11 is 0. The summed E-state index contributed by atoms with van der Waals surface area (Å²) in [5.74, 6) is 0. The van der Waals surface area contributed by atoms with Crippen molar-refractivity contribution in [2.75, 3.05) is 4.90 Å². The molecule has 1 aliphatic carbocycles. The Morgan fingerprint density at radius 2 is 0.790 bits per heavy atom. The average Bonchev–Trinajstić information content (AvgIpc) is 3.56. The highest BCUT2D eigenvalue weighted by Gasteiger charge is 2.37. The third kappa shape index (κ3) is 5.70. The molecular weight excluding hydrogens is 747 g/mol. The molecule has 1 heteroatoms. The van der Waals surface area contributed by atoms with E-state index in [1.54, 1.807) is 0 Å². The van der Waals surface area contributed by atoms with Gasteiger partial charge in [0.2, 0.25) is 0 Å². The number of para-hydroxylation sites is 1. The summed E-state index contributed by atoms with van der Waals surface area (Å²) in [5.41, 5.74) is 15.8. The predicted molar refractivity (Wildman–Crippen MR) is 265 cm³/mol. The van der Waals surface area contributed by atoms with Gasteiger partial charge in [-0.2, -0.15) is 0 Å². The summed E-state index contributed by atoms with van der Waals surface area (Å²) in [6.07, 6.45) is 0. The van der Waals surface area contributed by atoms with Crippen molar-refractivity contribution in [3.8, 4) is 44.5 Å². The Labute approximate surface area is 362 Å². The van der Waals surface area contributed by atoms with Crippen LogP contribution in [0.3, 0.4) is 0 Å². The maximum absolute atomic E-state index is 2.52. The molecule has 0 N–H and O–H groups in total. The number of anilines is 3. The van der Waals surface area contributed by atoms with Crippen molar-refractivity contribution in [3.63, 3.8) is 0 Å². The molecule has 11 aromatic carbocycles. The summed E-state index contributed by atoms with van der Waals surface area (Å²) in [7, 11) is 0. The highest BCUT2D eigenvalue weighted by molar-refractivity contribution is 6.16. The molecule has 0 saturated heterocycles. The molecule has 12 rings (SSSR count). The lowest BCUT2D eigenvalue weighted by Gasteiger charge is -2.31. The van der Waals surface area contributed by atoms with Gasteiger partial charge < -0.3 is 4.90 Å². The van der Waals surface area contributed by atoms with Gasteiger partial charge in [0.05, 0.1) is 11.4 Å². The minimum Gasteiger partial charge on any atom is -0.309 e. The minimum absolute atomic E-state index is 0.243. The first-order chi connectivity index (χ1) is 30.5. The third-order valence-corrected chi connectivity index (χ3v) is 13.4. The largest absolute Gasteiger partial charge is 0.309 e. The predicted octanol–water partition coefficient (Wildman–Crippen LogP) is 17.1. The molecular formula is C61H43N. The van der Waals surface area contributed by atoms with E-state index >= 15 is 0 Å². The van der Waals surface area contributed by atoms with Gasteiger partial charge in [0.1, 0.15) is 0 Å². The van der Waals surface area contributed by atoms with E-state index in [4.69, 9.17) is 0 Å². The second kappa shape index (κ2) is 14.2. The minimum atomic E-state index is -0.243. The molecule has 0 bridgehead atoms. The third-order valence-electron chi connectivity index (χ3n) is 13.4. The van der Waals surface area contributed by atoms with Gasteiger partial charge in [0, 0.05) is 22.1 Å². The molecule has 1 nitrogen and oxygen atoms in total. The van der Waals surface area contributed by atoms with Gasteiger partial charge in [-0.15, -0.1) is 0 Å². The van der Waals surface area contributed by atoms with Crippen LogP contribution in [0.25, 0.3) is 87.6 Å². The van der Waals surface area contributed by atoms with Crippen LogP contribution in [0.2, 0.25) is 0 Å². The van der Waals surface area contributed by atoms with Crippen molar-refractivity contribution in [3.05, 3.63) is 236 Å². The molecule has 11 aromatic rings. The number of fused-ring (bicyclic) bond motifs is 9. The zero-order chi connectivity index (χ0) is 41.4. The molecule has 0 radical (unpaired) electrons. The normalized spacial score (nSPS) is 12.8. The van der Waals surface area contributed by atoms with Gasteiger partial charge in [0.25, 0.3) is 0 Å². The fourth-order valence-corrected chi connectivity index (χ4v) is 10.3. The van der Waals surface area contributed by atoms with Crippen molar-refractivity contribution in [1.29, 1.82) is 0 Å². The molecule has 0 aliphatic heterocycles. The molecule has 0 amide bonds. The Kier molecular flexibility index (Phi) is 8.27. The van der Waals surface area contributed by atoms with Crippen LogP contribution in [0, 0.1) is 0 Å². The highest BCUT2D eigenvalue weighted by atomic mass is 15.1. The van der Waals surface area contributed by atoms with E-state index in [1.807, 2.05) is 0 Å². The first-order valence-electron chi connectivity index (χ1n) is 21.7. The Balaban J connectivity index is 1.04. The Bertz CT molecular complexity index is 3540. The molecule has 1 aliphatic rings. The van der Waals surface area contributed by atoms with Gasteiger partial charge in [-0.25, -0.2) is 0 Å². The summed E-state index contributed by atoms with van der Waals surface area (Å²) in [6, 6.07) is 83.0. The SMILES string of the molecule is CC1(C)c2cc(-c3cc4ccccc4c4ccccc34)ccc2-c2ccc(N(c3ccccc3-c3ccc(-c4ccccc4)cc3)c3cc4ccccc4c4ccccc34)cc21. The van der Waals surface area contributed by atoms with Crippen LogP contribution in [-0.4, -0.2) is 0 Å². The fraction of sp³-hybridized carbons (Fsp3) is 0.0492. The van der Waals surface area contributed by atoms with Gasteiger partial charge in [-0.1, -0.05) is 202 Å². The highest BCUT2D eigenvalue weighted by Crippen LogP contribution is 2.53. The molecule has 0 spiro atoms. The van der Waals surface area contributed by atoms with Gasteiger partial charge in [0.15, 0.2) is 0 Å². The monoisotopic (exact) mass is 789 g/mol. The fourth-order valence-electron chi connectivity index (χ4n) is 10.3. The van der Waals surface area contributed by atoms with Crippen LogP contribution in [-0.2, 0) is 5.41 Å². The van der Waals surface area contributed by atoms with Crippen LogP contribution in [0.15, 0.2) is 224 Å². The zero-order valence-corrected chi connectivity index (χ0v) is 34.8. The number of nitrogens with zero attached hydrogens (tertiary/aromatic N) is 1. The summed E-state index contributed by atoms with van der Waals surface area (Å²) < 4.78 is 0. The van der Waals surface area contributed by atoms with E-state index in [0.29, 0.717) is 0 Å². The molecule has 0 aromatic heterocycles. The van der Waals surface area contributed by atoms with Crippen molar-refractivity contribution >= 4 is 60.2 Å². The molecule has 0 saturated carbocycles. The second-order valence-corrected chi connectivity index (χ2v) is 17.3. The Morgan fingerprint density at radius 3 is 1.52 bits per heavy atom. The van der Waals surface area contributed by atoms with E-state index in [2.05, 4.69) is 243 Å². The molecule has 292 valence electrons. The number of hydrogen-bond acceptors (Lipinski definition) is 1. The maximum atomic E-state index is 2.52. The van der Waals surface area contributed by atoms with Gasteiger partial charge >= 0.3 is 0 Å². The van der Waals surface area contributed by atoms with Crippen LogP contribution in [0.4, 0.5) is 17.1 Å². The Morgan fingerprint density at radius 1 is 0.290 bits per heavy atom. The maximum Gasteiger partial charge on any atom is 0.0546 e. The van der Waals surface area contributed by atoms with E-state index in [-0.39, 0.29) is 5.41 Å². The summed E-state index contributed by atoms with van der Waals surface area (Å²) in [5, 5.41) is 10.1. The van der Waals surface area contributed by atoms with E-state index < -0.39 is 0 Å². The lowest BCUT2D eigenvalue weighted by molar-refractivity contribution is 0.660. The average molecular weight is 790 g/mol. The van der Waals surface area contributed by atoms with Gasteiger partial charge in [-0.05, 0) is 124 Å². The standard InChI is InChI=1S/C61H43N/c1-61(2)57-37-45(56-36-43-18-6-8-20-47(43)50-23-10-11-25-52(50)56)32-34-53(57)54-35-33-46(39-58(54)61)62(60-38-44-19-7-9-21-48(44)51-24-12-13-26-55(51)60)59-27-15-14-22-49(59)42-30-28-41(29-31-42)40-16-4-3-5-17-40/h3-39H,1-2H3. The summed E-state index contributed by atoms with van der Waals surface area (Å²) in [6.45, 7) is 4.81. The zero-order valence-electron chi connectivity index (χ0n) is 34.8. The van der Waals surface area contributed by atoms with E-state index in [0.717, 1.165) is 17.1 Å². The lowest BCUT2D eigenvalue weighted by Crippen LogP contribution is -2.17. The van der Waals surface area contributed by atoms with Gasteiger partial charge in [-0.3, -0.25) is 0 Å². The first-order valence-corrected chi connectivity index (χ1v) is 21.7. The van der Waals surface area contributed by atoms with Crippen molar-refractivity contribution in [2.45, 2.75) is 19.3 Å². The number of hydrogen-bond donors (Lipinski definition) is 0. The molecule has 0 atom stereocenters. The molecule has 0 heterocycles. The van der Waals surface area contributed by atoms with Crippen molar-refractivity contribution < 1.29 is 0 Å². The molecule has 0 unspecified atom stereocenters. The molecule has 0 fully saturated rings. The quantitative estimate of drug-likeness (QED) is 0.152. The van der Waals surface area contributed by atoms with E-state index in [1.165, 1.54) is 98.7 Å². The van der Waals surface area contributed by atoms with Crippen LogP contribution < -0.4 is 4.90 Å². The topological polar surface area (TPSA) is 3.24 Å². The first kappa shape index (κ1) is 36.1. The van der Waals surface area contributed by atoms with Crippen LogP contribution in [0.5, 0.6) is 0 Å². The van der Waals surface area contributed by atoms with E-state index in [9.17, 15) is 0 Å². The smallest absolute Gasteiger partial charge is 0.0546 e. The molecule has 62 heavy (non-hydrogen) atoms. The Hall–Kier alpha value is -7.74. The van der Waals surface area contributed by atoms with Crippen LogP contribution in [0.1, 0.15) is 25.0 Å². The lowest BCUT2D eigenvalue weighted by atomic mass is 9.81. The van der Waals surface area contributed by atoms with Crippen molar-refractivity contribution in [2.24, 2.45) is 0 Å². The second-order valence-electron chi connectivity index (χ2n) is 17.3. The van der Waals surface area contributed by atoms with Crippen LogP contribution >= 0.6 is 0 Å². The number of benzene rings is 11. The summed E-state index contributed by atoms with van der Waals surface area (Å²) in [4.78, 5) is 2.52. The number of rotatable bonds is 6.